The minimum Gasteiger partial charge on any atom is -0.488 e. The van der Waals surface area contributed by atoms with E-state index in [4.69, 9.17) is 9.84 Å². The number of aliphatic hydroxyl groups is 1. The highest BCUT2D eigenvalue weighted by Crippen LogP contribution is 2.14. The Hall–Kier alpha value is -1.02. The van der Waals surface area contributed by atoms with Crippen molar-refractivity contribution in [3.8, 4) is 5.75 Å². The third-order valence-corrected chi connectivity index (χ3v) is 1.95. The second-order valence-corrected chi connectivity index (χ2v) is 3.40. The molecule has 0 saturated heterocycles. The van der Waals surface area contributed by atoms with Crippen molar-refractivity contribution < 1.29 is 9.84 Å². The van der Waals surface area contributed by atoms with Crippen LogP contribution in [0.1, 0.15) is 13.8 Å². The first kappa shape index (κ1) is 10.1. The molecule has 13 heavy (non-hydrogen) atoms. The van der Waals surface area contributed by atoms with Crippen LogP contribution >= 0.6 is 0 Å². The second-order valence-electron chi connectivity index (χ2n) is 3.40. The summed E-state index contributed by atoms with van der Waals surface area (Å²) in [5, 5.41) is 9.03. The fourth-order valence-electron chi connectivity index (χ4n) is 1.06. The number of para-hydroxylation sites is 1. The maximum absolute atomic E-state index is 9.03. The second kappa shape index (κ2) is 4.87. The van der Waals surface area contributed by atoms with Gasteiger partial charge in [0.25, 0.3) is 0 Å². The third-order valence-electron chi connectivity index (χ3n) is 1.95. The van der Waals surface area contributed by atoms with Crippen molar-refractivity contribution in [2.45, 2.75) is 20.0 Å². The van der Waals surface area contributed by atoms with E-state index in [9.17, 15) is 0 Å². The van der Waals surface area contributed by atoms with E-state index in [1.54, 1.807) is 0 Å². The standard InChI is InChI=1S/C11H16O2/c1-9(2)11(8-12)13-10-6-4-3-5-7-10/h3-7,9,11-12H,8H2,1-2H3/t11-/m1/s1. The van der Waals surface area contributed by atoms with Crippen LogP contribution in [-0.4, -0.2) is 17.8 Å². The highest BCUT2D eigenvalue weighted by Gasteiger charge is 2.13. The normalized spacial score (nSPS) is 12.9. The van der Waals surface area contributed by atoms with Gasteiger partial charge in [0.2, 0.25) is 0 Å². The van der Waals surface area contributed by atoms with Gasteiger partial charge in [0.15, 0.2) is 0 Å². The monoisotopic (exact) mass is 180 g/mol. The Bertz CT molecular complexity index is 231. The highest BCUT2D eigenvalue weighted by atomic mass is 16.5. The van der Waals surface area contributed by atoms with Crippen molar-refractivity contribution >= 4 is 0 Å². The molecule has 0 aliphatic rings. The number of rotatable bonds is 4. The minimum absolute atomic E-state index is 0.0621. The van der Waals surface area contributed by atoms with E-state index in [1.807, 2.05) is 44.2 Å². The fourth-order valence-corrected chi connectivity index (χ4v) is 1.06. The van der Waals surface area contributed by atoms with Crippen molar-refractivity contribution in [2.75, 3.05) is 6.61 Å². The number of ether oxygens (including phenoxy) is 1. The molecule has 0 radical (unpaired) electrons. The fraction of sp³-hybridized carbons (Fsp3) is 0.455. The molecule has 1 aromatic carbocycles. The van der Waals surface area contributed by atoms with Gasteiger partial charge in [-0.2, -0.15) is 0 Å². The molecule has 0 spiro atoms. The Morgan fingerprint density at radius 2 is 1.85 bits per heavy atom. The van der Waals surface area contributed by atoms with Crippen LogP contribution in [0.4, 0.5) is 0 Å². The third kappa shape index (κ3) is 3.07. The lowest BCUT2D eigenvalue weighted by Crippen LogP contribution is -2.26. The van der Waals surface area contributed by atoms with E-state index in [-0.39, 0.29) is 12.7 Å². The predicted molar refractivity (Wildman–Crippen MR) is 52.8 cm³/mol. The lowest BCUT2D eigenvalue weighted by molar-refractivity contribution is 0.0801. The summed E-state index contributed by atoms with van der Waals surface area (Å²) in [6.45, 7) is 4.13. The molecule has 2 heteroatoms. The number of hydrogen-bond donors (Lipinski definition) is 1. The molecule has 1 aromatic rings. The first-order valence-corrected chi connectivity index (χ1v) is 4.56. The zero-order valence-electron chi connectivity index (χ0n) is 8.10. The molecule has 72 valence electrons. The molecule has 0 unspecified atom stereocenters. The van der Waals surface area contributed by atoms with E-state index >= 15 is 0 Å². The van der Waals surface area contributed by atoms with Crippen LogP contribution in [0.3, 0.4) is 0 Å². The number of aliphatic hydroxyl groups excluding tert-OH is 1. The maximum atomic E-state index is 9.03. The van der Waals surface area contributed by atoms with E-state index in [0.717, 1.165) is 5.75 Å². The van der Waals surface area contributed by atoms with Crippen molar-refractivity contribution in [1.82, 2.24) is 0 Å². The zero-order chi connectivity index (χ0) is 9.68. The molecule has 0 heterocycles. The average molecular weight is 180 g/mol. The predicted octanol–water partition coefficient (Wildman–Crippen LogP) is 2.08. The summed E-state index contributed by atoms with van der Waals surface area (Å²) in [5.74, 6) is 1.14. The minimum atomic E-state index is -0.109. The first-order valence-electron chi connectivity index (χ1n) is 4.56. The molecular weight excluding hydrogens is 164 g/mol. The molecule has 1 rings (SSSR count). The Morgan fingerprint density at radius 1 is 1.23 bits per heavy atom. The van der Waals surface area contributed by atoms with Gasteiger partial charge in [0.05, 0.1) is 6.61 Å². The van der Waals surface area contributed by atoms with Crippen molar-refractivity contribution in [3.05, 3.63) is 30.3 Å². The molecule has 2 nitrogen and oxygen atoms in total. The van der Waals surface area contributed by atoms with Gasteiger partial charge in [0.1, 0.15) is 11.9 Å². The van der Waals surface area contributed by atoms with Gasteiger partial charge < -0.3 is 9.84 Å². The van der Waals surface area contributed by atoms with Gasteiger partial charge in [-0.05, 0) is 18.1 Å². The quantitative estimate of drug-likeness (QED) is 0.768. The lowest BCUT2D eigenvalue weighted by Gasteiger charge is -2.20. The van der Waals surface area contributed by atoms with Crippen LogP contribution in [-0.2, 0) is 0 Å². The molecule has 0 aliphatic carbocycles. The summed E-state index contributed by atoms with van der Waals surface area (Å²) in [5.41, 5.74) is 0. The first-order chi connectivity index (χ1) is 6.24. The van der Waals surface area contributed by atoms with E-state index in [1.165, 1.54) is 0 Å². The van der Waals surface area contributed by atoms with Crippen LogP contribution < -0.4 is 4.74 Å². The SMILES string of the molecule is CC(C)[C@@H](CO)Oc1ccccc1. The molecule has 1 N–H and O–H groups in total. The summed E-state index contributed by atoms with van der Waals surface area (Å²) in [6, 6.07) is 9.57. The van der Waals surface area contributed by atoms with Crippen LogP contribution in [0.25, 0.3) is 0 Å². The molecule has 0 amide bonds. The number of hydrogen-bond acceptors (Lipinski definition) is 2. The summed E-state index contributed by atoms with van der Waals surface area (Å²) in [4.78, 5) is 0. The molecule has 0 aromatic heterocycles. The molecule has 0 bridgehead atoms. The van der Waals surface area contributed by atoms with Gasteiger partial charge in [-0.15, -0.1) is 0 Å². The van der Waals surface area contributed by atoms with Crippen molar-refractivity contribution in [3.63, 3.8) is 0 Å². The van der Waals surface area contributed by atoms with Crippen LogP contribution in [0, 0.1) is 5.92 Å². The smallest absolute Gasteiger partial charge is 0.124 e. The van der Waals surface area contributed by atoms with Gasteiger partial charge >= 0.3 is 0 Å². The molecule has 1 atom stereocenters. The maximum Gasteiger partial charge on any atom is 0.124 e. The Kier molecular flexibility index (Phi) is 3.77. The Balaban J connectivity index is 2.57. The summed E-state index contributed by atoms with van der Waals surface area (Å²) in [7, 11) is 0. The zero-order valence-corrected chi connectivity index (χ0v) is 8.10. The van der Waals surface area contributed by atoms with Crippen molar-refractivity contribution in [1.29, 1.82) is 0 Å². The van der Waals surface area contributed by atoms with Gasteiger partial charge in [0, 0.05) is 0 Å². The largest absolute Gasteiger partial charge is 0.488 e. The highest BCUT2D eigenvalue weighted by molar-refractivity contribution is 5.21. The summed E-state index contributed by atoms with van der Waals surface area (Å²) >= 11 is 0. The van der Waals surface area contributed by atoms with Crippen molar-refractivity contribution in [2.24, 2.45) is 5.92 Å². The van der Waals surface area contributed by atoms with Crippen LogP contribution in [0.15, 0.2) is 30.3 Å². The topological polar surface area (TPSA) is 29.5 Å². The average Bonchev–Trinajstić information content (AvgIpc) is 2.15. The van der Waals surface area contributed by atoms with Crippen LogP contribution in [0.2, 0.25) is 0 Å². The molecule has 0 fully saturated rings. The van der Waals surface area contributed by atoms with Gasteiger partial charge in [-0.3, -0.25) is 0 Å². The van der Waals surface area contributed by atoms with E-state index in [2.05, 4.69) is 0 Å². The summed E-state index contributed by atoms with van der Waals surface area (Å²) < 4.78 is 5.58. The summed E-state index contributed by atoms with van der Waals surface area (Å²) in [6.07, 6.45) is -0.109. The van der Waals surface area contributed by atoms with E-state index in [0.29, 0.717) is 5.92 Å². The Morgan fingerprint density at radius 3 is 2.31 bits per heavy atom. The van der Waals surface area contributed by atoms with Crippen LogP contribution in [0.5, 0.6) is 5.75 Å². The Labute approximate surface area is 79.2 Å². The van der Waals surface area contributed by atoms with E-state index < -0.39 is 0 Å². The van der Waals surface area contributed by atoms with Gasteiger partial charge in [-0.25, -0.2) is 0 Å². The molecule has 0 aliphatic heterocycles. The lowest BCUT2D eigenvalue weighted by atomic mass is 10.1. The van der Waals surface area contributed by atoms with Gasteiger partial charge in [-0.1, -0.05) is 32.0 Å². The number of benzene rings is 1. The molecule has 0 saturated carbocycles. The molecular formula is C11H16O2.